The fourth-order valence-corrected chi connectivity index (χ4v) is 4.06. The van der Waals surface area contributed by atoms with Crippen LogP contribution in [0, 0.1) is 20.8 Å². The molecule has 0 saturated carbocycles. The van der Waals surface area contributed by atoms with Crippen molar-refractivity contribution in [3.8, 4) is 0 Å². The van der Waals surface area contributed by atoms with Crippen LogP contribution < -0.4 is 4.90 Å². The fraction of sp³-hybridized carbons (Fsp3) is 0.400. The molecule has 1 fully saturated rings. The zero-order valence-corrected chi connectivity index (χ0v) is 15.9. The zero-order valence-electron chi connectivity index (χ0n) is 15.9. The number of hydrogen-bond acceptors (Lipinski definition) is 5. The summed E-state index contributed by atoms with van der Waals surface area (Å²) in [6.45, 7) is 8.15. The van der Waals surface area contributed by atoms with Crippen molar-refractivity contribution in [3.63, 3.8) is 0 Å². The fourth-order valence-electron chi connectivity index (χ4n) is 4.06. The molecule has 1 aliphatic heterocycles. The number of aromatic nitrogens is 6. The van der Waals surface area contributed by atoms with Gasteiger partial charge < -0.3 is 4.90 Å². The van der Waals surface area contributed by atoms with Crippen molar-refractivity contribution in [2.45, 2.75) is 39.5 Å². The van der Waals surface area contributed by atoms with Crippen LogP contribution in [0.1, 0.15) is 41.5 Å². The van der Waals surface area contributed by atoms with Gasteiger partial charge in [-0.1, -0.05) is 6.07 Å². The summed E-state index contributed by atoms with van der Waals surface area (Å²) < 4.78 is 4.12. The summed E-state index contributed by atoms with van der Waals surface area (Å²) >= 11 is 0. The molecular formula is C20H23N7. The van der Waals surface area contributed by atoms with Gasteiger partial charge in [-0.3, -0.25) is 4.40 Å². The van der Waals surface area contributed by atoms with Crippen molar-refractivity contribution in [3.05, 3.63) is 53.2 Å². The van der Waals surface area contributed by atoms with Crippen LogP contribution in [0.2, 0.25) is 0 Å². The topological polar surface area (TPSA) is 63.6 Å². The first-order valence-corrected chi connectivity index (χ1v) is 9.50. The van der Waals surface area contributed by atoms with Crippen LogP contribution in [0.4, 0.5) is 5.82 Å². The first kappa shape index (κ1) is 16.2. The van der Waals surface area contributed by atoms with E-state index in [4.69, 9.17) is 10.1 Å². The minimum Gasteiger partial charge on any atom is -0.356 e. The van der Waals surface area contributed by atoms with Gasteiger partial charge in [0.15, 0.2) is 11.3 Å². The van der Waals surface area contributed by atoms with E-state index in [1.165, 1.54) is 0 Å². The molecule has 0 amide bonds. The van der Waals surface area contributed by atoms with Gasteiger partial charge in [0.2, 0.25) is 0 Å². The second-order valence-electron chi connectivity index (χ2n) is 7.45. The number of fused-ring (bicyclic) bond motifs is 2. The maximum Gasteiger partial charge on any atom is 0.160 e. The summed E-state index contributed by atoms with van der Waals surface area (Å²) in [5, 5.41) is 13.5. The van der Waals surface area contributed by atoms with Crippen LogP contribution in [0.25, 0.3) is 11.3 Å². The Labute approximate surface area is 157 Å². The molecule has 0 aromatic carbocycles. The van der Waals surface area contributed by atoms with Crippen molar-refractivity contribution >= 4 is 17.1 Å². The van der Waals surface area contributed by atoms with E-state index in [1.807, 2.05) is 29.6 Å². The first-order valence-electron chi connectivity index (χ1n) is 9.50. The lowest BCUT2D eigenvalue weighted by Crippen LogP contribution is -2.35. The molecule has 7 nitrogen and oxygen atoms in total. The molecule has 0 spiro atoms. The Hall–Kier alpha value is -2.96. The quantitative estimate of drug-likeness (QED) is 0.549. The predicted molar refractivity (Wildman–Crippen MR) is 104 cm³/mol. The van der Waals surface area contributed by atoms with Gasteiger partial charge in [-0.05, 0) is 45.7 Å². The van der Waals surface area contributed by atoms with Crippen molar-refractivity contribution < 1.29 is 0 Å². The average Bonchev–Trinajstić information content (AvgIpc) is 3.24. The number of piperidine rings is 1. The molecule has 0 N–H and O–H groups in total. The van der Waals surface area contributed by atoms with E-state index in [0.717, 1.165) is 65.8 Å². The van der Waals surface area contributed by atoms with Crippen LogP contribution in [-0.2, 0) is 0 Å². The van der Waals surface area contributed by atoms with E-state index in [9.17, 15) is 0 Å². The van der Waals surface area contributed by atoms with Gasteiger partial charge in [0.25, 0.3) is 0 Å². The molecule has 0 aliphatic carbocycles. The Balaban J connectivity index is 1.44. The van der Waals surface area contributed by atoms with Gasteiger partial charge in [-0.15, -0.1) is 10.2 Å². The van der Waals surface area contributed by atoms with Crippen LogP contribution >= 0.6 is 0 Å². The van der Waals surface area contributed by atoms with Crippen LogP contribution in [0.15, 0.2) is 30.5 Å². The second kappa shape index (κ2) is 6.04. The van der Waals surface area contributed by atoms with Crippen molar-refractivity contribution in [2.24, 2.45) is 0 Å². The van der Waals surface area contributed by atoms with Gasteiger partial charge in [0.1, 0.15) is 11.6 Å². The van der Waals surface area contributed by atoms with Crippen molar-refractivity contribution in [2.75, 3.05) is 18.0 Å². The minimum atomic E-state index is 0.429. The van der Waals surface area contributed by atoms with Gasteiger partial charge in [0, 0.05) is 42.5 Å². The largest absolute Gasteiger partial charge is 0.356 e. The van der Waals surface area contributed by atoms with Crippen molar-refractivity contribution in [1.29, 1.82) is 0 Å². The maximum absolute atomic E-state index is 4.72. The van der Waals surface area contributed by atoms with E-state index in [1.54, 1.807) is 0 Å². The molecule has 138 valence electrons. The van der Waals surface area contributed by atoms with Gasteiger partial charge in [-0.25, -0.2) is 4.98 Å². The van der Waals surface area contributed by atoms with E-state index in [-0.39, 0.29) is 0 Å². The van der Waals surface area contributed by atoms with E-state index < -0.39 is 0 Å². The zero-order chi connectivity index (χ0) is 18.5. The number of pyridine rings is 1. The molecule has 0 atom stereocenters. The standard InChI is InChI=1S/C20H23N7/c1-13-12-18(27-19(21-13)14(2)15(3)24-27)25-10-7-16(8-11-25)20-23-22-17-6-4-5-9-26(17)20/h4-6,9,12,16H,7-8,10-11H2,1-3H3. The smallest absolute Gasteiger partial charge is 0.160 e. The molecular weight excluding hydrogens is 338 g/mol. The maximum atomic E-state index is 4.72. The number of aryl methyl sites for hydroxylation is 3. The third-order valence-electron chi connectivity index (χ3n) is 5.69. The summed E-state index contributed by atoms with van der Waals surface area (Å²) in [7, 11) is 0. The Kier molecular flexibility index (Phi) is 3.63. The van der Waals surface area contributed by atoms with Gasteiger partial charge >= 0.3 is 0 Å². The highest BCUT2D eigenvalue weighted by Gasteiger charge is 2.26. The van der Waals surface area contributed by atoms with E-state index in [0.29, 0.717) is 5.92 Å². The molecule has 4 aromatic heterocycles. The lowest BCUT2D eigenvalue weighted by Gasteiger charge is -2.33. The normalized spacial score (nSPS) is 15.9. The highest BCUT2D eigenvalue weighted by atomic mass is 15.4. The van der Waals surface area contributed by atoms with Crippen LogP contribution in [-0.4, -0.2) is 42.3 Å². The molecule has 1 saturated heterocycles. The third-order valence-corrected chi connectivity index (χ3v) is 5.69. The molecule has 0 radical (unpaired) electrons. The Morgan fingerprint density at radius 1 is 1.04 bits per heavy atom. The summed E-state index contributed by atoms with van der Waals surface area (Å²) in [6, 6.07) is 8.19. The van der Waals surface area contributed by atoms with Gasteiger partial charge in [-0.2, -0.15) is 9.61 Å². The van der Waals surface area contributed by atoms with E-state index >= 15 is 0 Å². The number of hydrogen-bond donors (Lipinski definition) is 0. The minimum absolute atomic E-state index is 0.429. The SMILES string of the molecule is Cc1cc(N2CCC(c3nnc4ccccn34)CC2)n2nc(C)c(C)c2n1. The molecule has 5 rings (SSSR count). The Morgan fingerprint density at radius 2 is 1.85 bits per heavy atom. The number of anilines is 1. The third kappa shape index (κ3) is 2.57. The summed E-state index contributed by atoms with van der Waals surface area (Å²) in [5.74, 6) is 2.64. The highest BCUT2D eigenvalue weighted by Crippen LogP contribution is 2.30. The number of rotatable bonds is 2. The Morgan fingerprint density at radius 3 is 2.67 bits per heavy atom. The van der Waals surface area contributed by atoms with Crippen molar-refractivity contribution in [1.82, 2.24) is 29.2 Å². The van der Waals surface area contributed by atoms with Crippen LogP contribution in [0.5, 0.6) is 0 Å². The Bertz CT molecular complexity index is 1130. The first-order chi connectivity index (χ1) is 13.1. The molecule has 0 bridgehead atoms. The number of nitrogens with zero attached hydrogens (tertiary/aromatic N) is 7. The average molecular weight is 361 g/mol. The summed E-state index contributed by atoms with van der Waals surface area (Å²) in [5.41, 5.74) is 5.12. The van der Waals surface area contributed by atoms with E-state index in [2.05, 4.69) is 45.6 Å². The second-order valence-corrected chi connectivity index (χ2v) is 7.45. The highest BCUT2D eigenvalue weighted by molar-refractivity contribution is 5.57. The summed E-state index contributed by atoms with van der Waals surface area (Å²) in [4.78, 5) is 7.12. The molecule has 27 heavy (non-hydrogen) atoms. The molecule has 0 unspecified atom stereocenters. The molecule has 4 aromatic rings. The molecule has 5 heterocycles. The van der Waals surface area contributed by atoms with Crippen LogP contribution in [0.3, 0.4) is 0 Å². The molecule has 7 heteroatoms. The van der Waals surface area contributed by atoms with Gasteiger partial charge in [0.05, 0.1) is 5.69 Å². The lowest BCUT2D eigenvalue weighted by atomic mass is 9.96. The molecule has 1 aliphatic rings. The predicted octanol–water partition coefficient (Wildman–Crippen LogP) is 3.08. The summed E-state index contributed by atoms with van der Waals surface area (Å²) in [6.07, 6.45) is 4.16. The monoisotopic (exact) mass is 361 g/mol. The lowest BCUT2D eigenvalue weighted by molar-refractivity contribution is 0.478.